The molecule has 1 heterocycles. The number of non-ortho nitro benzene ring substituents is 1. The monoisotopic (exact) mass is 429 g/mol. The Labute approximate surface area is 178 Å². The molecular weight excluding hydrogens is 410 g/mol. The van der Waals surface area contributed by atoms with Gasteiger partial charge in [-0.25, -0.2) is 9.59 Å². The number of ether oxygens (including phenoxy) is 1. The molecule has 1 atom stereocenters. The van der Waals surface area contributed by atoms with Gasteiger partial charge in [0.25, 0.3) is 5.69 Å². The van der Waals surface area contributed by atoms with Gasteiger partial charge in [0.1, 0.15) is 0 Å². The van der Waals surface area contributed by atoms with E-state index < -0.39 is 23.0 Å². The van der Waals surface area contributed by atoms with Crippen LogP contribution in [-0.2, 0) is 9.53 Å². The van der Waals surface area contributed by atoms with Crippen LogP contribution in [0.1, 0.15) is 31.9 Å². The lowest BCUT2D eigenvalue weighted by Crippen LogP contribution is -2.48. The zero-order valence-corrected chi connectivity index (χ0v) is 17.2. The average molecular weight is 430 g/mol. The number of nitro groups is 1. The molecule has 0 saturated carbocycles. The third kappa shape index (κ3) is 4.13. The maximum Gasteiger partial charge on any atom is 0.338 e. The van der Waals surface area contributed by atoms with Crippen LogP contribution in [0.3, 0.4) is 0 Å². The Hall–Kier alpha value is -3.39. The Kier molecular flexibility index (Phi) is 6.37. The number of rotatable bonds is 6. The standard InChI is InChI=1S/C21H20ClN3O5/c1-3-17-18(20(26)30-4-2)19(13-8-10-14(22)11-9-13)23-21(27)24(17)15-6-5-7-16(12-15)25(28)29/h5-12,19H,3-4H2,1-2H3,(H,23,27). The van der Waals surface area contributed by atoms with Gasteiger partial charge in [-0.2, -0.15) is 0 Å². The van der Waals surface area contributed by atoms with Crippen molar-refractivity contribution in [3.8, 4) is 0 Å². The minimum atomic E-state index is -0.737. The number of benzene rings is 2. The first-order valence-corrected chi connectivity index (χ1v) is 9.75. The highest BCUT2D eigenvalue weighted by molar-refractivity contribution is 6.30. The fraction of sp³-hybridized carbons (Fsp3) is 0.238. The highest BCUT2D eigenvalue weighted by Gasteiger charge is 2.38. The van der Waals surface area contributed by atoms with Gasteiger partial charge in [-0.15, -0.1) is 0 Å². The second-order valence-electron chi connectivity index (χ2n) is 6.48. The van der Waals surface area contributed by atoms with E-state index in [2.05, 4.69) is 5.32 Å². The smallest absolute Gasteiger partial charge is 0.338 e. The molecule has 1 aliphatic heterocycles. The number of amides is 2. The predicted molar refractivity (Wildman–Crippen MR) is 112 cm³/mol. The van der Waals surface area contributed by atoms with Crippen LogP contribution in [-0.4, -0.2) is 23.5 Å². The topological polar surface area (TPSA) is 102 Å². The first kappa shape index (κ1) is 21.3. The summed E-state index contributed by atoms with van der Waals surface area (Å²) in [6.07, 6.45) is 0.328. The summed E-state index contributed by atoms with van der Waals surface area (Å²) in [5, 5.41) is 14.5. The van der Waals surface area contributed by atoms with Crippen LogP contribution >= 0.6 is 11.6 Å². The van der Waals surface area contributed by atoms with Crippen molar-refractivity contribution >= 4 is 35.0 Å². The second-order valence-corrected chi connectivity index (χ2v) is 6.92. The molecule has 156 valence electrons. The van der Waals surface area contributed by atoms with Gasteiger partial charge < -0.3 is 10.1 Å². The molecule has 0 bridgehead atoms. The van der Waals surface area contributed by atoms with Gasteiger partial charge in [0.05, 0.1) is 28.8 Å². The van der Waals surface area contributed by atoms with Gasteiger partial charge in [-0.1, -0.05) is 36.7 Å². The van der Waals surface area contributed by atoms with E-state index >= 15 is 0 Å². The molecule has 9 heteroatoms. The lowest BCUT2D eigenvalue weighted by molar-refractivity contribution is -0.384. The molecule has 1 unspecified atom stereocenters. The zero-order chi connectivity index (χ0) is 21.8. The predicted octanol–water partition coefficient (Wildman–Crippen LogP) is 4.75. The van der Waals surface area contributed by atoms with Gasteiger partial charge in [-0.3, -0.25) is 15.0 Å². The van der Waals surface area contributed by atoms with Crippen molar-refractivity contribution in [1.82, 2.24) is 5.32 Å². The molecule has 30 heavy (non-hydrogen) atoms. The number of hydrogen-bond acceptors (Lipinski definition) is 5. The number of nitrogens with one attached hydrogen (secondary N) is 1. The van der Waals surface area contributed by atoms with Crippen molar-refractivity contribution in [3.05, 3.63) is 80.5 Å². The van der Waals surface area contributed by atoms with Crippen LogP contribution in [0, 0.1) is 10.1 Å². The SMILES string of the molecule is CCOC(=O)C1=C(CC)N(c2cccc([N+](=O)[O-])c2)C(=O)NC1c1ccc(Cl)cc1. The Morgan fingerprint density at radius 1 is 1.23 bits per heavy atom. The number of esters is 1. The summed E-state index contributed by atoms with van der Waals surface area (Å²) in [4.78, 5) is 37.9. The van der Waals surface area contributed by atoms with E-state index in [9.17, 15) is 19.7 Å². The molecule has 0 aromatic heterocycles. The fourth-order valence-electron chi connectivity index (χ4n) is 3.39. The Balaban J connectivity index is 2.18. The van der Waals surface area contributed by atoms with E-state index in [1.165, 1.54) is 23.1 Å². The summed E-state index contributed by atoms with van der Waals surface area (Å²) in [5.74, 6) is -0.565. The molecule has 2 aromatic carbocycles. The molecule has 2 aromatic rings. The van der Waals surface area contributed by atoms with Crippen LogP contribution < -0.4 is 10.2 Å². The van der Waals surface area contributed by atoms with Crippen molar-refractivity contribution in [2.45, 2.75) is 26.3 Å². The van der Waals surface area contributed by atoms with Crippen LogP contribution in [0.4, 0.5) is 16.2 Å². The molecule has 1 N–H and O–H groups in total. The molecule has 2 amide bonds. The van der Waals surface area contributed by atoms with Crippen molar-refractivity contribution < 1.29 is 19.2 Å². The lowest BCUT2D eigenvalue weighted by atomic mass is 9.93. The quantitative estimate of drug-likeness (QED) is 0.405. The van der Waals surface area contributed by atoms with Crippen molar-refractivity contribution in [3.63, 3.8) is 0 Å². The molecule has 0 spiro atoms. The molecule has 0 saturated heterocycles. The van der Waals surface area contributed by atoms with Crippen LogP contribution in [0.5, 0.6) is 0 Å². The molecule has 0 fully saturated rings. The number of halogens is 1. The fourth-order valence-corrected chi connectivity index (χ4v) is 3.51. The van der Waals surface area contributed by atoms with Crippen molar-refractivity contribution in [2.24, 2.45) is 0 Å². The summed E-state index contributed by atoms with van der Waals surface area (Å²) < 4.78 is 5.26. The Bertz CT molecular complexity index is 1020. The average Bonchev–Trinajstić information content (AvgIpc) is 2.73. The van der Waals surface area contributed by atoms with Gasteiger partial charge in [-0.05, 0) is 37.1 Å². The Morgan fingerprint density at radius 2 is 1.93 bits per heavy atom. The van der Waals surface area contributed by atoms with Gasteiger partial charge in [0, 0.05) is 22.9 Å². The van der Waals surface area contributed by atoms with Gasteiger partial charge in [0.2, 0.25) is 0 Å². The van der Waals surface area contributed by atoms with E-state index in [-0.39, 0.29) is 23.6 Å². The number of hydrogen-bond donors (Lipinski definition) is 1. The van der Waals surface area contributed by atoms with Gasteiger partial charge in [0.15, 0.2) is 0 Å². The zero-order valence-electron chi connectivity index (χ0n) is 16.4. The molecule has 0 radical (unpaired) electrons. The van der Waals surface area contributed by atoms with Crippen molar-refractivity contribution in [2.75, 3.05) is 11.5 Å². The normalized spacial score (nSPS) is 16.3. The third-order valence-corrected chi connectivity index (χ3v) is 4.92. The third-order valence-electron chi connectivity index (χ3n) is 4.67. The Morgan fingerprint density at radius 3 is 2.53 bits per heavy atom. The van der Waals surface area contributed by atoms with Crippen LogP contribution in [0.15, 0.2) is 59.8 Å². The summed E-state index contributed by atoms with van der Waals surface area (Å²) in [6, 6.07) is 11.3. The summed E-state index contributed by atoms with van der Waals surface area (Å²) in [5.41, 5.74) is 1.48. The van der Waals surface area contributed by atoms with Crippen LogP contribution in [0.25, 0.3) is 0 Å². The number of nitrogens with zero attached hydrogens (tertiary/aromatic N) is 2. The molecule has 0 aliphatic carbocycles. The largest absolute Gasteiger partial charge is 0.463 e. The summed E-state index contributed by atoms with van der Waals surface area (Å²) >= 11 is 5.97. The number of nitro benzene ring substituents is 1. The maximum absolute atomic E-state index is 13.1. The maximum atomic E-state index is 13.1. The van der Waals surface area contributed by atoms with E-state index in [1.807, 2.05) is 0 Å². The second kappa shape index (κ2) is 8.96. The number of urea groups is 1. The number of carbonyl (C=O) groups is 2. The summed E-state index contributed by atoms with van der Waals surface area (Å²) in [6.45, 7) is 3.66. The molecule has 3 rings (SSSR count). The first-order chi connectivity index (χ1) is 14.4. The van der Waals surface area contributed by atoms with E-state index in [4.69, 9.17) is 16.3 Å². The van der Waals surface area contributed by atoms with E-state index in [1.54, 1.807) is 44.2 Å². The molecular formula is C21H20ClN3O5. The van der Waals surface area contributed by atoms with E-state index in [0.29, 0.717) is 22.7 Å². The number of anilines is 1. The molecule has 1 aliphatic rings. The first-order valence-electron chi connectivity index (χ1n) is 9.38. The molecule has 8 nitrogen and oxygen atoms in total. The highest BCUT2D eigenvalue weighted by Crippen LogP contribution is 2.36. The highest BCUT2D eigenvalue weighted by atomic mass is 35.5. The lowest BCUT2D eigenvalue weighted by Gasteiger charge is -2.36. The van der Waals surface area contributed by atoms with Crippen molar-refractivity contribution in [1.29, 1.82) is 0 Å². The van der Waals surface area contributed by atoms with Gasteiger partial charge >= 0.3 is 12.0 Å². The minimum absolute atomic E-state index is 0.159. The van der Waals surface area contributed by atoms with E-state index in [0.717, 1.165) is 0 Å². The number of carbonyl (C=O) groups excluding carboxylic acids is 2. The van der Waals surface area contributed by atoms with Crippen LogP contribution in [0.2, 0.25) is 5.02 Å². The summed E-state index contributed by atoms with van der Waals surface area (Å²) in [7, 11) is 0. The number of allylic oxidation sites excluding steroid dienone is 1. The minimum Gasteiger partial charge on any atom is -0.463 e.